The summed E-state index contributed by atoms with van der Waals surface area (Å²) in [6.45, 7) is 0.992. The van der Waals surface area contributed by atoms with Gasteiger partial charge in [-0.2, -0.15) is 0 Å². The van der Waals surface area contributed by atoms with Gasteiger partial charge in [-0.25, -0.2) is 4.79 Å². The first kappa shape index (κ1) is 14.3. The molecule has 2 rings (SSSR count). The minimum Gasteiger partial charge on any atom is -0.467 e. The molecule has 2 N–H and O–H groups in total. The predicted octanol–water partition coefficient (Wildman–Crippen LogP) is 0.212. The van der Waals surface area contributed by atoms with Crippen molar-refractivity contribution in [3.8, 4) is 0 Å². The summed E-state index contributed by atoms with van der Waals surface area (Å²) in [6, 6.07) is 6.49. The quantitative estimate of drug-likeness (QED) is 0.631. The Morgan fingerprint density at radius 1 is 1.50 bits per heavy atom. The van der Waals surface area contributed by atoms with E-state index in [0.717, 1.165) is 5.56 Å². The van der Waals surface area contributed by atoms with Crippen molar-refractivity contribution in [3.05, 3.63) is 29.8 Å². The monoisotopic (exact) mass is 278 g/mol. The Bertz CT molecular complexity index is 504. The predicted molar refractivity (Wildman–Crippen MR) is 72.9 cm³/mol. The maximum Gasteiger partial charge on any atom is 0.331 e. The SMILES string of the molecule is COC(=O)C1COCCN1C(=O)Cc1cccc(N)c1. The van der Waals surface area contributed by atoms with E-state index < -0.39 is 12.0 Å². The highest BCUT2D eigenvalue weighted by atomic mass is 16.5. The molecule has 1 aliphatic rings. The van der Waals surface area contributed by atoms with E-state index in [-0.39, 0.29) is 18.9 Å². The molecule has 20 heavy (non-hydrogen) atoms. The molecule has 1 heterocycles. The van der Waals surface area contributed by atoms with Crippen molar-refractivity contribution in [2.45, 2.75) is 12.5 Å². The number of rotatable bonds is 3. The number of nitrogen functional groups attached to an aromatic ring is 1. The van der Waals surface area contributed by atoms with Gasteiger partial charge < -0.3 is 20.1 Å². The van der Waals surface area contributed by atoms with E-state index in [0.29, 0.717) is 18.8 Å². The average Bonchev–Trinajstić information content (AvgIpc) is 2.46. The van der Waals surface area contributed by atoms with Gasteiger partial charge in [0.2, 0.25) is 5.91 Å². The van der Waals surface area contributed by atoms with Crippen molar-refractivity contribution in [2.75, 3.05) is 32.6 Å². The zero-order valence-electron chi connectivity index (χ0n) is 11.4. The van der Waals surface area contributed by atoms with Crippen LogP contribution >= 0.6 is 0 Å². The fraction of sp³-hybridized carbons (Fsp3) is 0.429. The third-order valence-corrected chi connectivity index (χ3v) is 3.23. The van der Waals surface area contributed by atoms with Gasteiger partial charge in [-0.1, -0.05) is 12.1 Å². The lowest BCUT2D eigenvalue weighted by Crippen LogP contribution is -2.53. The van der Waals surface area contributed by atoms with Crippen LogP contribution in [0, 0.1) is 0 Å². The summed E-state index contributed by atoms with van der Waals surface area (Å²) in [5.41, 5.74) is 7.13. The van der Waals surface area contributed by atoms with Gasteiger partial charge in [0.15, 0.2) is 6.04 Å². The third-order valence-electron chi connectivity index (χ3n) is 3.23. The summed E-state index contributed by atoms with van der Waals surface area (Å²) in [7, 11) is 1.30. The molecule has 1 aromatic rings. The molecule has 0 radical (unpaired) electrons. The van der Waals surface area contributed by atoms with Gasteiger partial charge in [-0.05, 0) is 17.7 Å². The molecule has 1 aromatic carbocycles. The molecule has 6 heteroatoms. The van der Waals surface area contributed by atoms with E-state index in [4.69, 9.17) is 15.2 Å². The number of ether oxygens (including phenoxy) is 2. The number of carbonyl (C=O) groups is 2. The van der Waals surface area contributed by atoms with Gasteiger partial charge in [0.1, 0.15) is 0 Å². The van der Waals surface area contributed by atoms with Crippen LogP contribution in [0.2, 0.25) is 0 Å². The van der Waals surface area contributed by atoms with Crippen LogP contribution < -0.4 is 5.73 Å². The van der Waals surface area contributed by atoms with Crippen molar-refractivity contribution >= 4 is 17.6 Å². The van der Waals surface area contributed by atoms with E-state index in [1.807, 2.05) is 6.07 Å². The summed E-state index contributed by atoms with van der Waals surface area (Å²) >= 11 is 0. The van der Waals surface area contributed by atoms with Crippen molar-refractivity contribution in [3.63, 3.8) is 0 Å². The van der Waals surface area contributed by atoms with Gasteiger partial charge in [0.05, 0.1) is 26.7 Å². The molecule has 6 nitrogen and oxygen atoms in total. The standard InChI is InChI=1S/C14H18N2O4/c1-19-14(18)12-9-20-6-5-16(12)13(17)8-10-3-2-4-11(15)7-10/h2-4,7,12H,5-6,8-9,15H2,1H3. The minimum absolute atomic E-state index is 0.130. The fourth-order valence-electron chi connectivity index (χ4n) is 2.21. The largest absolute Gasteiger partial charge is 0.467 e. The van der Waals surface area contributed by atoms with E-state index in [9.17, 15) is 9.59 Å². The number of hydrogen-bond acceptors (Lipinski definition) is 5. The van der Waals surface area contributed by atoms with E-state index in [1.165, 1.54) is 12.0 Å². The lowest BCUT2D eigenvalue weighted by atomic mass is 10.1. The lowest BCUT2D eigenvalue weighted by molar-refractivity contribution is -0.160. The third kappa shape index (κ3) is 3.27. The van der Waals surface area contributed by atoms with Crippen LogP contribution in [0.3, 0.4) is 0 Å². The topological polar surface area (TPSA) is 81.9 Å². The van der Waals surface area contributed by atoms with Gasteiger partial charge in [-0.3, -0.25) is 4.79 Å². The number of nitrogens with zero attached hydrogens (tertiary/aromatic N) is 1. The number of amides is 1. The number of esters is 1. The number of anilines is 1. The number of morpholine rings is 1. The molecule has 0 bridgehead atoms. The Labute approximate surface area is 117 Å². The van der Waals surface area contributed by atoms with Crippen LogP contribution in [0.5, 0.6) is 0 Å². The van der Waals surface area contributed by atoms with Crippen LogP contribution in [0.25, 0.3) is 0 Å². The maximum atomic E-state index is 12.3. The second-order valence-corrected chi connectivity index (χ2v) is 4.62. The number of hydrogen-bond donors (Lipinski definition) is 1. The van der Waals surface area contributed by atoms with Crippen LogP contribution in [0.1, 0.15) is 5.56 Å². The Kier molecular flexibility index (Phi) is 4.57. The zero-order valence-corrected chi connectivity index (χ0v) is 11.4. The molecule has 0 spiro atoms. The normalized spacial score (nSPS) is 18.6. The molecule has 108 valence electrons. The van der Waals surface area contributed by atoms with Crippen molar-refractivity contribution in [1.82, 2.24) is 4.90 Å². The van der Waals surface area contributed by atoms with Crippen molar-refractivity contribution in [2.24, 2.45) is 0 Å². The Hall–Kier alpha value is -2.08. The molecule has 1 fully saturated rings. The van der Waals surface area contributed by atoms with Gasteiger partial charge in [0.25, 0.3) is 0 Å². The minimum atomic E-state index is -0.665. The summed E-state index contributed by atoms with van der Waals surface area (Å²) in [4.78, 5) is 25.5. The summed E-state index contributed by atoms with van der Waals surface area (Å²) in [5, 5.41) is 0. The molecule has 1 saturated heterocycles. The first-order chi connectivity index (χ1) is 9.61. The van der Waals surface area contributed by atoms with Crippen molar-refractivity contribution in [1.29, 1.82) is 0 Å². The van der Waals surface area contributed by atoms with E-state index in [1.54, 1.807) is 18.2 Å². The molecular weight excluding hydrogens is 260 g/mol. The van der Waals surface area contributed by atoms with E-state index in [2.05, 4.69) is 0 Å². The Morgan fingerprint density at radius 3 is 3.00 bits per heavy atom. The highest BCUT2D eigenvalue weighted by molar-refractivity contribution is 5.86. The summed E-state index contributed by atoms with van der Waals surface area (Å²) in [5.74, 6) is -0.583. The van der Waals surface area contributed by atoms with E-state index >= 15 is 0 Å². The van der Waals surface area contributed by atoms with Crippen LogP contribution in [0.15, 0.2) is 24.3 Å². The summed E-state index contributed by atoms with van der Waals surface area (Å²) in [6.07, 6.45) is 0.207. The highest BCUT2D eigenvalue weighted by Gasteiger charge is 2.33. The van der Waals surface area contributed by atoms with Gasteiger partial charge >= 0.3 is 5.97 Å². The molecule has 1 atom stereocenters. The molecule has 0 saturated carbocycles. The maximum absolute atomic E-state index is 12.3. The van der Waals surface area contributed by atoms with Crippen molar-refractivity contribution < 1.29 is 19.1 Å². The molecule has 0 aromatic heterocycles. The molecule has 0 aliphatic carbocycles. The van der Waals surface area contributed by atoms with Crippen LogP contribution in [0.4, 0.5) is 5.69 Å². The molecule has 1 amide bonds. The molecule has 1 aliphatic heterocycles. The second-order valence-electron chi connectivity index (χ2n) is 4.62. The van der Waals surface area contributed by atoms with Crippen LogP contribution in [-0.2, 0) is 25.5 Å². The lowest BCUT2D eigenvalue weighted by Gasteiger charge is -2.33. The number of nitrogens with two attached hydrogens (primary N) is 1. The Balaban J connectivity index is 2.08. The molecular formula is C14H18N2O4. The van der Waals surface area contributed by atoms with Gasteiger partial charge in [0, 0.05) is 12.2 Å². The Morgan fingerprint density at radius 2 is 2.30 bits per heavy atom. The second kappa shape index (κ2) is 6.38. The summed E-state index contributed by atoms with van der Waals surface area (Å²) < 4.78 is 9.95. The highest BCUT2D eigenvalue weighted by Crippen LogP contribution is 2.13. The zero-order chi connectivity index (χ0) is 14.5. The first-order valence-electron chi connectivity index (χ1n) is 6.41. The fourth-order valence-corrected chi connectivity index (χ4v) is 2.21. The molecule has 1 unspecified atom stereocenters. The smallest absolute Gasteiger partial charge is 0.331 e. The number of carbonyl (C=O) groups excluding carboxylic acids is 2. The average molecular weight is 278 g/mol. The van der Waals surface area contributed by atoms with Gasteiger partial charge in [-0.15, -0.1) is 0 Å². The number of methoxy groups -OCH3 is 1. The number of benzene rings is 1. The van der Waals surface area contributed by atoms with Crippen LogP contribution in [-0.4, -0.2) is 49.7 Å². The first-order valence-corrected chi connectivity index (χ1v) is 6.41.